The Morgan fingerprint density at radius 3 is 3.00 bits per heavy atom. The number of aromatic nitrogens is 2. The van der Waals surface area contributed by atoms with Crippen molar-refractivity contribution in [3.8, 4) is 0 Å². The fourth-order valence-corrected chi connectivity index (χ4v) is 1.71. The van der Waals surface area contributed by atoms with Gasteiger partial charge in [0.2, 0.25) is 0 Å². The Hall–Kier alpha value is -1.12. The molecule has 2 rings (SSSR count). The van der Waals surface area contributed by atoms with Crippen LogP contribution >= 0.6 is 0 Å². The molecule has 1 aromatic heterocycles. The molecular formula is C10H14N2O. The van der Waals surface area contributed by atoms with Gasteiger partial charge in [-0.15, -0.1) is 0 Å². The number of carbonyl (C=O) groups excluding carboxylic acids is 1. The van der Waals surface area contributed by atoms with E-state index in [0.717, 1.165) is 12.8 Å². The van der Waals surface area contributed by atoms with Gasteiger partial charge in [-0.25, -0.2) is 4.98 Å². The molecule has 0 saturated heterocycles. The Morgan fingerprint density at radius 2 is 2.46 bits per heavy atom. The highest BCUT2D eigenvalue weighted by Gasteiger charge is 2.45. The lowest BCUT2D eigenvalue weighted by molar-refractivity contribution is 0.111. The average Bonchev–Trinajstić information content (AvgIpc) is 2.50. The summed E-state index contributed by atoms with van der Waals surface area (Å²) in [6, 6.07) is 0. The van der Waals surface area contributed by atoms with Crippen molar-refractivity contribution in [2.45, 2.75) is 26.8 Å². The molecule has 13 heavy (non-hydrogen) atoms. The van der Waals surface area contributed by atoms with Gasteiger partial charge in [0.05, 0.1) is 12.5 Å². The van der Waals surface area contributed by atoms with Crippen LogP contribution in [0.5, 0.6) is 0 Å². The van der Waals surface area contributed by atoms with Gasteiger partial charge in [0.15, 0.2) is 6.29 Å². The minimum atomic E-state index is 0.463. The molecule has 0 spiro atoms. The van der Waals surface area contributed by atoms with Crippen LogP contribution in [0.2, 0.25) is 0 Å². The van der Waals surface area contributed by atoms with Crippen LogP contribution in [0.3, 0.4) is 0 Å². The standard InChI is InChI=1S/C10H14N2O/c1-10(2)3-8(10)5-12-7-11-4-9(12)6-13/h4,6-8H,3,5H2,1-2H3. The highest BCUT2D eigenvalue weighted by molar-refractivity contribution is 5.71. The molecule has 0 aromatic carbocycles. The molecule has 1 saturated carbocycles. The fourth-order valence-electron chi connectivity index (χ4n) is 1.71. The molecule has 0 aliphatic heterocycles. The summed E-state index contributed by atoms with van der Waals surface area (Å²) in [5.74, 6) is 0.709. The van der Waals surface area contributed by atoms with Crippen molar-refractivity contribution in [2.24, 2.45) is 11.3 Å². The number of carbonyl (C=O) groups is 1. The molecule has 1 atom stereocenters. The third-order valence-electron chi connectivity index (χ3n) is 3.00. The molecule has 3 heteroatoms. The molecule has 1 aliphatic rings. The predicted octanol–water partition coefficient (Wildman–Crippen LogP) is 1.74. The van der Waals surface area contributed by atoms with E-state index in [1.54, 1.807) is 12.5 Å². The predicted molar refractivity (Wildman–Crippen MR) is 49.5 cm³/mol. The first kappa shape index (κ1) is 8.48. The van der Waals surface area contributed by atoms with Crippen LogP contribution in [0.25, 0.3) is 0 Å². The van der Waals surface area contributed by atoms with Gasteiger partial charge in [-0.05, 0) is 17.8 Å². The summed E-state index contributed by atoms with van der Waals surface area (Å²) in [5.41, 5.74) is 1.15. The van der Waals surface area contributed by atoms with E-state index in [0.29, 0.717) is 17.0 Å². The first-order valence-corrected chi connectivity index (χ1v) is 4.59. The molecule has 1 heterocycles. The topological polar surface area (TPSA) is 34.9 Å². The van der Waals surface area contributed by atoms with Gasteiger partial charge in [-0.2, -0.15) is 0 Å². The SMILES string of the molecule is CC1(C)CC1Cn1cncc1C=O. The molecule has 0 radical (unpaired) electrons. The zero-order valence-corrected chi connectivity index (χ0v) is 8.03. The average molecular weight is 178 g/mol. The summed E-state index contributed by atoms with van der Waals surface area (Å²) in [7, 11) is 0. The zero-order valence-electron chi connectivity index (χ0n) is 8.03. The van der Waals surface area contributed by atoms with E-state index >= 15 is 0 Å². The van der Waals surface area contributed by atoms with Gasteiger partial charge in [0, 0.05) is 6.54 Å². The number of aldehydes is 1. The van der Waals surface area contributed by atoms with Gasteiger partial charge >= 0.3 is 0 Å². The van der Waals surface area contributed by atoms with Crippen molar-refractivity contribution < 1.29 is 4.79 Å². The maximum absolute atomic E-state index is 10.6. The van der Waals surface area contributed by atoms with Crippen LogP contribution < -0.4 is 0 Å². The summed E-state index contributed by atoms with van der Waals surface area (Å²) >= 11 is 0. The molecule has 0 amide bonds. The molecule has 1 aliphatic carbocycles. The Balaban J connectivity index is 2.07. The molecule has 1 unspecified atom stereocenters. The summed E-state index contributed by atoms with van der Waals surface area (Å²) in [5, 5.41) is 0. The van der Waals surface area contributed by atoms with Crippen molar-refractivity contribution in [1.29, 1.82) is 0 Å². The van der Waals surface area contributed by atoms with Crippen LogP contribution in [-0.2, 0) is 6.54 Å². The van der Waals surface area contributed by atoms with E-state index in [1.807, 2.05) is 4.57 Å². The van der Waals surface area contributed by atoms with Gasteiger partial charge in [-0.1, -0.05) is 13.8 Å². The molecule has 3 nitrogen and oxygen atoms in total. The van der Waals surface area contributed by atoms with E-state index in [2.05, 4.69) is 18.8 Å². The number of hydrogen-bond donors (Lipinski definition) is 0. The van der Waals surface area contributed by atoms with Crippen molar-refractivity contribution in [3.05, 3.63) is 18.2 Å². The van der Waals surface area contributed by atoms with E-state index in [9.17, 15) is 4.79 Å². The summed E-state index contributed by atoms with van der Waals surface area (Å²) in [6.07, 6.45) is 5.46. The molecule has 0 N–H and O–H groups in total. The largest absolute Gasteiger partial charge is 0.328 e. The first-order valence-electron chi connectivity index (χ1n) is 4.59. The van der Waals surface area contributed by atoms with Gasteiger partial charge < -0.3 is 4.57 Å². The normalized spacial score (nSPS) is 24.3. The number of hydrogen-bond acceptors (Lipinski definition) is 2. The van der Waals surface area contributed by atoms with Crippen LogP contribution in [-0.4, -0.2) is 15.8 Å². The van der Waals surface area contributed by atoms with E-state index in [4.69, 9.17) is 0 Å². The molecule has 70 valence electrons. The minimum Gasteiger partial charge on any atom is -0.328 e. The second-order valence-corrected chi connectivity index (χ2v) is 4.48. The van der Waals surface area contributed by atoms with Gasteiger partial charge in [-0.3, -0.25) is 4.79 Å². The molecule has 0 bridgehead atoms. The van der Waals surface area contributed by atoms with Crippen molar-refractivity contribution >= 4 is 6.29 Å². The highest BCUT2D eigenvalue weighted by Crippen LogP contribution is 2.52. The molecule has 1 fully saturated rings. The zero-order chi connectivity index (χ0) is 9.47. The second kappa shape index (κ2) is 2.69. The third-order valence-corrected chi connectivity index (χ3v) is 3.00. The summed E-state index contributed by atoms with van der Waals surface area (Å²) in [6.45, 7) is 5.45. The quantitative estimate of drug-likeness (QED) is 0.661. The number of rotatable bonds is 3. The van der Waals surface area contributed by atoms with Gasteiger partial charge in [0.1, 0.15) is 5.69 Å². The monoisotopic (exact) mass is 178 g/mol. The van der Waals surface area contributed by atoms with Crippen LogP contribution in [0.4, 0.5) is 0 Å². The number of nitrogens with zero attached hydrogens (tertiary/aromatic N) is 2. The lowest BCUT2D eigenvalue weighted by Crippen LogP contribution is -2.05. The minimum absolute atomic E-state index is 0.463. The second-order valence-electron chi connectivity index (χ2n) is 4.48. The first-order chi connectivity index (χ1) is 6.13. The molecular weight excluding hydrogens is 164 g/mol. The maximum atomic E-state index is 10.6. The molecule has 1 aromatic rings. The van der Waals surface area contributed by atoms with E-state index < -0.39 is 0 Å². The van der Waals surface area contributed by atoms with E-state index in [-0.39, 0.29) is 0 Å². The van der Waals surface area contributed by atoms with Crippen LogP contribution in [0.15, 0.2) is 12.5 Å². The van der Waals surface area contributed by atoms with Crippen molar-refractivity contribution in [2.75, 3.05) is 0 Å². The Bertz CT molecular complexity index is 327. The maximum Gasteiger partial charge on any atom is 0.168 e. The summed E-state index contributed by atoms with van der Waals surface area (Å²) < 4.78 is 1.94. The smallest absolute Gasteiger partial charge is 0.168 e. The van der Waals surface area contributed by atoms with Crippen LogP contribution in [0, 0.1) is 11.3 Å². The number of imidazole rings is 1. The highest BCUT2D eigenvalue weighted by atomic mass is 16.1. The Morgan fingerprint density at radius 1 is 1.77 bits per heavy atom. The summed E-state index contributed by atoms with van der Waals surface area (Å²) in [4.78, 5) is 14.5. The van der Waals surface area contributed by atoms with Crippen LogP contribution in [0.1, 0.15) is 30.8 Å². The Labute approximate surface area is 77.8 Å². The van der Waals surface area contributed by atoms with Gasteiger partial charge in [0.25, 0.3) is 0 Å². The lowest BCUT2D eigenvalue weighted by Gasteiger charge is -2.05. The fraction of sp³-hybridized carbons (Fsp3) is 0.600. The van der Waals surface area contributed by atoms with E-state index in [1.165, 1.54) is 6.42 Å². The Kier molecular flexibility index (Phi) is 1.75. The third kappa shape index (κ3) is 1.50. The van der Waals surface area contributed by atoms with Crippen molar-refractivity contribution in [3.63, 3.8) is 0 Å². The van der Waals surface area contributed by atoms with Crippen molar-refractivity contribution in [1.82, 2.24) is 9.55 Å². The lowest BCUT2D eigenvalue weighted by atomic mass is 10.1.